The lowest BCUT2D eigenvalue weighted by atomic mass is 10.1. The molecule has 1 saturated heterocycles. The predicted octanol–water partition coefficient (Wildman–Crippen LogP) is 4.64. The van der Waals surface area contributed by atoms with E-state index in [0.29, 0.717) is 0 Å². The first-order valence-corrected chi connectivity index (χ1v) is 11.1. The summed E-state index contributed by atoms with van der Waals surface area (Å²) in [4.78, 5) is 17.0. The Bertz CT molecular complexity index is 816. The maximum Gasteiger partial charge on any atom is 0.253 e. The first kappa shape index (κ1) is 22.2. The quantitative estimate of drug-likeness (QED) is 0.655. The zero-order valence-electron chi connectivity index (χ0n) is 18.6. The fourth-order valence-corrected chi connectivity index (χ4v) is 3.82. The minimum Gasteiger partial charge on any atom is -0.489 e. The number of piperidine rings is 1. The molecule has 0 aromatic heterocycles. The molecular weight excluding hydrogens is 374 g/mol. The molecule has 0 aliphatic carbocycles. The summed E-state index contributed by atoms with van der Waals surface area (Å²) in [6.07, 6.45) is 3.62. The van der Waals surface area contributed by atoms with Crippen molar-refractivity contribution in [2.24, 2.45) is 0 Å². The Balaban J connectivity index is 1.51. The number of carbonyl (C=O) groups excluding carboxylic acids is 1. The smallest absolute Gasteiger partial charge is 0.253 e. The van der Waals surface area contributed by atoms with Crippen LogP contribution in [0.15, 0.2) is 48.5 Å². The van der Waals surface area contributed by atoms with Gasteiger partial charge in [0.05, 0.1) is 11.8 Å². The molecule has 0 radical (unpaired) electrons. The molecule has 0 atom stereocenters. The van der Waals surface area contributed by atoms with Crippen LogP contribution in [-0.4, -0.2) is 55.0 Å². The number of likely N-dealkylation sites (N-methyl/N-ethyl adjacent to an activating group) is 1. The van der Waals surface area contributed by atoms with Gasteiger partial charge in [0.15, 0.2) is 0 Å². The molecule has 5 heteroatoms. The van der Waals surface area contributed by atoms with Crippen LogP contribution in [-0.2, 0) is 6.54 Å². The summed E-state index contributed by atoms with van der Waals surface area (Å²) < 4.78 is 5.87. The maximum absolute atomic E-state index is 12.8. The highest BCUT2D eigenvalue weighted by Crippen LogP contribution is 2.24. The summed E-state index contributed by atoms with van der Waals surface area (Å²) in [6.45, 7) is 8.37. The molecule has 1 N–H and O–H groups in total. The number of ether oxygens (including phenoxy) is 1. The lowest BCUT2D eigenvalue weighted by Crippen LogP contribution is -2.35. The van der Waals surface area contributed by atoms with E-state index >= 15 is 0 Å². The van der Waals surface area contributed by atoms with Crippen molar-refractivity contribution < 1.29 is 9.53 Å². The summed E-state index contributed by atoms with van der Waals surface area (Å²) in [5, 5.41) is 3.48. The third kappa shape index (κ3) is 6.49. The number of anilines is 1. The van der Waals surface area contributed by atoms with E-state index in [1.165, 1.54) is 12.0 Å². The van der Waals surface area contributed by atoms with Crippen molar-refractivity contribution in [2.75, 3.05) is 38.5 Å². The zero-order chi connectivity index (χ0) is 21.3. The molecule has 1 fully saturated rings. The average molecular weight is 410 g/mol. The number of amides is 1. The van der Waals surface area contributed by atoms with Crippen molar-refractivity contribution >= 4 is 11.6 Å². The Morgan fingerprint density at radius 3 is 2.63 bits per heavy atom. The number of nitrogens with one attached hydrogen (secondary N) is 1. The van der Waals surface area contributed by atoms with Crippen LogP contribution in [0.5, 0.6) is 5.75 Å². The molecule has 3 rings (SSSR count). The van der Waals surface area contributed by atoms with E-state index in [2.05, 4.69) is 23.3 Å². The Hall–Kier alpha value is -2.53. The number of hydrogen-bond acceptors (Lipinski definition) is 4. The molecule has 0 unspecified atom stereocenters. The van der Waals surface area contributed by atoms with Crippen LogP contribution in [0.25, 0.3) is 0 Å². The fourth-order valence-electron chi connectivity index (χ4n) is 3.82. The number of nitrogens with zero attached hydrogens (tertiary/aromatic N) is 2. The van der Waals surface area contributed by atoms with Crippen LogP contribution in [0.3, 0.4) is 0 Å². The number of para-hydroxylation sites is 2. The van der Waals surface area contributed by atoms with Gasteiger partial charge < -0.3 is 19.9 Å². The average Bonchev–Trinajstić information content (AvgIpc) is 2.75. The fraction of sp³-hybridized carbons (Fsp3) is 0.480. The van der Waals surface area contributed by atoms with Gasteiger partial charge in [0.2, 0.25) is 0 Å². The van der Waals surface area contributed by atoms with Crippen LogP contribution in [0.4, 0.5) is 5.69 Å². The maximum atomic E-state index is 12.8. The molecule has 162 valence electrons. The molecule has 0 bridgehead atoms. The first-order chi connectivity index (χ1) is 14.5. The Morgan fingerprint density at radius 1 is 1.10 bits per heavy atom. The summed E-state index contributed by atoms with van der Waals surface area (Å²) in [7, 11) is 2.11. The van der Waals surface area contributed by atoms with Gasteiger partial charge in [-0.05, 0) is 70.0 Å². The number of benzene rings is 2. The topological polar surface area (TPSA) is 44.8 Å². The third-order valence-corrected chi connectivity index (χ3v) is 5.33. The van der Waals surface area contributed by atoms with Gasteiger partial charge in [-0.15, -0.1) is 0 Å². The van der Waals surface area contributed by atoms with Crippen molar-refractivity contribution in [3.05, 3.63) is 59.7 Å². The molecule has 5 nitrogen and oxygen atoms in total. The van der Waals surface area contributed by atoms with E-state index in [1.807, 2.05) is 61.2 Å². The van der Waals surface area contributed by atoms with Crippen molar-refractivity contribution in [3.8, 4) is 5.75 Å². The standard InChI is InChI=1S/C25H35N3O2/c1-20(2)30-24-13-6-5-12-23(24)26-14-17-27(3)19-21-10-9-11-22(18-21)25(29)28-15-7-4-8-16-28/h5-6,9-13,18,20,26H,4,7-8,14-17,19H2,1-3H3. The van der Waals surface area contributed by atoms with Crippen LogP contribution in [0.1, 0.15) is 49.0 Å². The van der Waals surface area contributed by atoms with E-state index in [-0.39, 0.29) is 12.0 Å². The van der Waals surface area contributed by atoms with E-state index < -0.39 is 0 Å². The highest BCUT2D eigenvalue weighted by Gasteiger charge is 2.18. The van der Waals surface area contributed by atoms with Crippen LogP contribution in [0, 0.1) is 0 Å². The number of hydrogen-bond donors (Lipinski definition) is 1. The summed E-state index contributed by atoms with van der Waals surface area (Å²) in [5.74, 6) is 1.06. The lowest BCUT2D eigenvalue weighted by Gasteiger charge is -2.27. The summed E-state index contributed by atoms with van der Waals surface area (Å²) in [5.41, 5.74) is 3.00. The molecule has 1 aliphatic heterocycles. The minimum atomic E-state index is 0.149. The van der Waals surface area contributed by atoms with Gasteiger partial charge in [-0.2, -0.15) is 0 Å². The number of likely N-dealkylation sites (tertiary alicyclic amines) is 1. The zero-order valence-corrected chi connectivity index (χ0v) is 18.6. The Morgan fingerprint density at radius 2 is 1.87 bits per heavy atom. The van der Waals surface area contributed by atoms with Crippen molar-refractivity contribution in [1.29, 1.82) is 0 Å². The second kappa shape index (κ2) is 11.0. The van der Waals surface area contributed by atoms with Gasteiger partial charge in [0.25, 0.3) is 5.91 Å². The Labute approximate surface area is 181 Å². The summed E-state index contributed by atoms with van der Waals surface area (Å²) >= 11 is 0. The second-order valence-corrected chi connectivity index (χ2v) is 8.38. The van der Waals surface area contributed by atoms with Gasteiger partial charge >= 0.3 is 0 Å². The lowest BCUT2D eigenvalue weighted by molar-refractivity contribution is 0.0724. The molecular formula is C25H35N3O2. The van der Waals surface area contributed by atoms with Crippen LogP contribution < -0.4 is 10.1 Å². The van der Waals surface area contributed by atoms with E-state index in [0.717, 1.165) is 62.6 Å². The SMILES string of the molecule is CC(C)Oc1ccccc1NCCN(C)Cc1cccc(C(=O)N2CCCCC2)c1. The van der Waals surface area contributed by atoms with Gasteiger partial charge in [0.1, 0.15) is 5.75 Å². The van der Waals surface area contributed by atoms with Crippen molar-refractivity contribution in [2.45, 2.75) is 45.8 Å². The third-order valence-electron chi connectivity index (χ3n) is 5.33. The second-order valence-electron chi connectivity index (χ2n) is 8.38. The van der Waals surface area contributed by atoms with Crippen molar-refractivity contribution in [1.82, 2.24) is 9.80 Å². The number of rotatable bonds is 9. The monoisotopic (exact) mass is 409 g/mol. The van der Waals surface area contributed by atoms with E-state index in [1.54, 1.807) is 0 Å². The Kier molecular flexibility index (Phi) is 8.14. The van der Waals surface area contributed by atoms with Gasteiger partial charge in [-0.3, -0.25) is 4.79 Å². The normalized spacial score (nSPS) is 14.2. The number of carbonyl (C=O) groups is 1. The van der Waals surface area contributed by atoms with Gasteiger partial charge in [-0.1, -0.05) is 24.3 Å². The summed E-state index contributed by atoms with van der Waals surface area (Å²) in [6, 6.07) is 16.1. The van der Waals surface area contributed by atoms with Crippen molar-refractivity contribution in [3.63, 3.8) is 0 Å². The molecule has 1 amide bonds. The van der Waals surface area contributed by atoms with E-state index in [4.69, 9.17) is 4.74 Å². The minimum absolute atomic E-state index is 0.149. The van der Waals surface area contributed by atoms with Crippen LogP contribution in [0.2, 0.25) is 0 Å². The van der Waals surface area contributed by atoms with Crippen LogP contribution >= 0.6 is 0 Å². The van der Waals surface area contributed by atoms with Gasteiger partial charge in [-0.25, -0.2) is 0 Å². The molecule has 1 heterocycles. The van der Waals surface area contributed by atoms with Gasteiger partial charge in [0, 0.05) is 38.3 Å². The largest absolute Gasteiger partial charge is 0.489 e. The first-order valence-electron chi connectivity index (χ1n) is 11.1. The molecule has 2 aromatic carbocycles. The molecule has 0 saturated carbocycles. The molecule has 2 aromatic rings. The molecule has 30 heavy (non-hydrogen) atoms. The predicted molar refractivity (Wildman–Crippen MR) is 123 cm³/mol. The highest BCUT2D eigenvalue weighted by atomic mass is 16.5. The van der Waals surface area contributed by atoms with E-state index in [9.17, 15) is 4.79 Å². The highest BCUT2D eigenvalue weighted by molar-refractivity contribution is 5.94. The molecule has 1 aliphatic rings. The molecule has 0 spiro atoms.